The highest BCUT2D eigenvalue weighted by molar-refractivity contribution is 5.92. The lowest BCUT2D eigenvalue weighted by molar-refractivity contribution is -0.141. The van der Waals surface area contributed by atoms with Crippen LogP contribution in [0.15, 0.2) is 18.2 Å². The van der Waals surface area contributed by atoms with Crippen molar-refractivity contribution >= 4 is 17.6 Å². The molecule has 0 fully saturated rings. The Morgan fingerprint density at radius 1 is 1.40 bits per heavy atom. The first kappa shape index (κ1) is 16.1. The van der Waals surface area contributed by atoms with Crippen LogP contribution in [0, 0.1) is 12.7 Å². The van der Waals surface area contributed by atoms with Gasteiger partial charge in [-0.1, -0.05) is 6.07 Å². The van der Waals surface area contributed by atoms with Gasteiger partial charge in [0.1, 0.15) is 5.82 Å². The topological polar surface area (TPSA) is 58.6 Å². The number of likely N-dealkylation sites (N-methyl/N-ethyl adjacent to an activating group) is 1. The molecule has 1 amide bonds. The highest BCUT2D eigenvalue weighted by atomic mass is 19.1. The molecule has 0 spiro atoms. The van der Waals surface area contributed by atoms with Crippen LogP contribution >= 0.6 is 0 Å². The second-order valence-electron chi connectivity index (χ2n) is 4.57. The summed E-state index contributed by atoms with van der Waals surface area (Å²) in [5, 5.41) is 2.65. The van der Waals surface area contributed by atoms with E-state index >= 15 is 0 Å². The summed E-state index contributed by atoms with van der Waals surface area (Å²) in [6.07, 6.45) is 0.222. The first-order valence-corrected chi connectivity index (χ1v) is 6.23. The quantitative estimate of drug-likeness (QED) is 0.805. The fourth-order valence-electron chi connectivity index (χ4n) is 1.63. The van der Waals surface area contributed by atoms with E-state index in [9.17, 15) is 14.0 Å². The van der Waals surface area contributed by atoms with Crippen molar-refractivity contribution in [2.45, 2.75) is 13.3 Å². The van der Waals surface area contributed by atoms with Crippen LogP contribution in [0.1, 0.15) is 12.0 Å². The highest BCUT2D eigenvalue weighted by Crippen LogP contribution is 2.15. The van der Waals surface area contributed by atoms with E-state index in [-0.39, 0.29) is 24.8 Å². The molecule has 1 aromatic rings. The molecule has 0 aliphatic heterocycles. The molecule has 0 aliphatic carbocycles. The molecule has 0 heterocycles. The summed E-state index contributed by atoms with van der Waals surface area (Å²) in [7, 11) is 3.04. The van der Waals surface area contributed by atoms with Gasteiger partial charge in [-0.3, -0.25) is 14.5 Å². The number of benzene rings is 1. The summed E-state index contributed by atoms with van der Waals surface area (Å²) in [6.45, 7) is 2.32. The summed E-state index contributed by atoms with van der Waals surface area (Å²) in [5.74, 6) is -0.978. The fourth-order valence-corrected chi connectivity index (χ4v) is 1.63. The predicted octanol–water partition coefficient (Wildman–Crippen LogP) is 1.57. The smallest absolute Gasteiger partial charge is 0.306 e. The lowest BCUT2D eigenvalue weighted by Gasteiger charge is -2.16. The maximum absolute atomic E-state index is 13.1. The van der Waals surface area contributed by atoms with Crippen molar-refractivity contribution in [3.05, 3.63) is 29.6 Å². The second-order valence-corrected chi connectivity index (χ2v) is 4.57. The minimum atomic E-state index is -0.398. The van der Waals surface area contributed by atoms with Crippen LogP contribution in [-0.2, 0) is 14.3 Å². The number of hydrogen-bond donors (Lipinski definition) is 1. The van der Waals surface area contributed by atoms with Crippen LogP contribution in [0.25, 0.3) is 0 Å². The van der Waals surface area contributed by atoms with Crippen molar-refractivity contribution in [2.75, 3.05) is 32.6 Å². The average Bonchev–Trinajstić information content (AvgIpc) is 2.40. The average molecular weight is 282 g/mol. The first-order chi connectivity index (χ1) is 9.42. The Morgan fingerprint density at radius 2 is 2.10 bits per heavy atom. The van der Waals surface area contributed by atoms with Gasteiger partial charge >= 0.3 is 5.97 Å². The van der Waals surface area contributed by atoms with Gasteiger partial charge in [0.2, 0.25) is 5.91 Å². The minimum Gasteiger partial charge on any atom is -0.469 e. The Kier molecular flexibility index (Phi) is 6.11. The van der Waals surface area contributed by atoms with Crippen LogP contribution in [0.3, 0.4) is 0 Å². The number of rotatable bonds is 6. The van der Waals surface area contributed by atoms with Crippen molar-refractivity contribution < 1.29 is 18.7 Å². The maximum Gasteiger partial charge on any atom is 0.306 e. The van der Waals surface area contributed by atoms with Crippen molar-refractivity contribution in [1.82, 2.24) is 4.90 Å². The Hall–Kier alpha value is -1.95. The van der Waals surface area contributed by atoms with Crippen molar-refractivity contribution in [3.63, 3.8) is 0 Å². The summed E-state index contributed by atoms with van der Waals surface area (Å²) >= 11 is 0. The number of anilines is 1. The summed E-state index contributed by atoms with van der Waals surface area (Å²) in [4.78, 5) is 24.5. The molecule has 5 nitrogen and oxygen atoms in total. The molecule has 6 heteroatoms. The minimum absolute atomic E-state index is 0.118. The molecule has 0 atom stereocenters. The number of methoxy groups -OCH3 is 1. The number of amides is 1. The van der Waals surface area contributed by atoms with Gasteiger partial charge in [-0.15, -0.1) is 0 Å². The first-order valence-electron chi connectivity index (χ1n) is 6.23. The molecule has 1 aromatic carbocycles. The van der Waals surface area contributed by atoms with Gasteiger partial charge in [0, 0.05) is 12.2 Å². The molecule has 0 aromatic heterocycles. The lowest BCUT2D eigenvalue weighted by atomic mass is 10.2. The summed E-state index contributed by atoms with van der Waals surface area (Å²) in [5.41, 5.74) is 1.24. The van der Waals surface area contributed by atoms with Gasteiger partial charge in [-0.2, -0.15) is 0 Å². The third-order valence-electron chi connectivity index (χ3n) is 2.81. The van der Waals surface area contributed by atoms with E-state index in [1.54, 1.807) is 24.9 Å². The zero-order valence-electron chi connectivity index (χ0n) is 11.9. The van der Waals surface area contributed by atoms with Gasteiger partial charge < -0.3 is 10.1 Å². The zero-order chi connectivity index (χ0) is 15.1. The third kappa shape index (κ3) is 5.36. The second kappa shape index (κ2) is 7.59. The number of nitrogens with zero attached hydrogens (tertiary/aromatic N) is 1. The monoisotopic (exact) mass is 282 g/mol. The van der Waals surface area contributed by atoms with Crippen LogP contribution in [0.4, 0.5) is 10.1 Å². The van der Waals surface area contributed by atoms with E-state index in [0.29, 0.717) is 12.2 Å². The highest BCUT2D eigenvalue weighted by Gasteiger charge is 2.10. The molecule has 0 saturated carbocycles. The van der Waals surface area contributed by atoms with Crippen LogP contribution < -0.4 is 5.32 Å². The molecule has 1 rings (SSSR count). The van der Waals surface area contributed by atoms with Gasteiger partial charge in [0.25, 0.3) is 0 Å². The molecular formula is C14H19FN2O3. The normalized spacial score (nSPS) is 10.4. The maximum atomic E-state index is 13.1. The number of hydrogen-bond acceptors (Lipinski definition) is 4. The van der Waals surface area contributed by atoms with E-state index in [0.717, 1.165) is 5.56 Å². The zero-order valence-corrected chi connectivity index (χ0v) is 11.9. The number of halogens is 1. The third-order valence-corrected chi connectivity index (χ3v) is 2.81. The largest absolute Gasteiger partial charge is 0.469 e. The standard InChI is InChI=1S/C14H19FN2O3/c1-10-4-5-11(15)8-12(10)16-13(18)9-17(2)7-6-14(19)20-3/h4-5,8H,6-7,9H2,1-3H3,(H,16,18). The van der Waals surface area contributed by atoms with Crippen molar-refractivity contribution in [1.29, 1.82) is 0 Å². The van der Waals surface area contributed by atoms with Gasteiger partial charge in [-0.25, -0.2) is 4.39 Å². The number of esters is 1. The van der Waals surface area contributed by atoms with Crippen molar-refractivity contribution in [3.8, 4) is 0 Å². The molecular weight excluding hydrogens is 263 g/mol. The SMILES string of the molecule is COC(=O)CCN(C)CC(=O)Nc1cc(F)ccc1C. The van der Waals surface area contributed by atoms with Gasteiger partial charge in [0.05, 0.1) is 20.1 Å². The molecule has 20 heavy (non-hydrogen) atoms. The Labute approximate surface area is 117 Å². The van der Waals surface area contributed by atoms with Crippen molar-refractivity contribution in [2.24, 2.45) is 0 Å². The molecule has 0 radical (unpaired) electrons. The number of carbonyl (C=O) groups is 2. The predicted molar refractivity (Wildman–Crippen MR) is 73.9 cm³/mol. The van der Waals surface area contributed by atoms with E-state index in [4.69, 9.17) is 0 Å². The number of carbonyl (C=O) groups excluding carboxylic acids is 2. The number of ether oxygens (including phenoxy) is 1. The fraction of sp³-hybridized carbons (Fsp3) is 0.429. The molecule has 1 N–H and O–H groups in total. The Bertz CT molecular complexity index is 491. The Balaban J connectivity index is 2.47. The van der Waals surface area contributed by atoms with E-state index in [1.807, 2.05) is 0 Å². The van der Waals surface area contributed by atoms with Gasteiger partial charge in [-0.05, 0) is 31.7 Å². The molecule has 0 bridgehead atoms. The van der Waals surface area contributed by atoms with Crippen LogP contribution in [-0.4, -0.2) is 44.0 Å². The lowest BCUT2D eigenvalue weighted by Crippen LogP contribution is -2.32. The Morgan fingerprint density at radius 3 is 2.75 bits per heavy atom. The van der Waals surface area contributed by atoms with Crippen LogP contribution in [0.2, 0.25) is 0 Å². The molecule has 0 saturated heterocycles. The molecule has 110 valence electrons. The summed E-state index contributed by atoms with van der Waals surface area (Å²) < 4.78 is 17.6. The number of aryl methyl sites for hydroxylation is 1. The molecule has 0 unspecified atom stereocenters. The van der Waals surface area contributed by atoms with Crippen LogP contribution in [0.5, 0.6) is 0 Å². The van der Waals surface area contributed by atoms with Gasteiger partial charge in [0.15, 0.2) is 0 Å². The molecule has 0 aliphatic rings. The number of nitrogens with one attached hydrogen (secondary N) is 1. The van der Waals surface area contributed by atoms with E-state index in [2.05, 4.69) is 10.1 Å². The summed E-state index contributed by atoms with van der Waals surface area (Å²) in [6, 6.07) is 4.22. The van der Waals surface area contributed by atoms with E-state index < -0.39 is 5.82 Å². The van der Waals surface area contributed by atoms with E-state index in [1.165, 1.54) is 19.2 Å².